The van der Waals surface area contributed by atoms with Gasteiger partial charge in [0, 0.05) is 24.5 Å². The molecular formula is C14H17N3O2S. The number of aromatic nitrogens is 2. The molecule has 20 heavy (non-hydrogen) atoms. The van der Waals surface area contributed by atoms with Crippen molar-refractivity contribution in [2.75, 3.05) is 13.6 Å². The van der Waals surface area contributed by atoms with Gasteiger partial charge in [-0.3, -0.25) is 9.78 Å². The zero-order valence-corrected chi connectivity index (χ0v) is 12.1. The second kappa shape index (κ2) is 7.12. The van der Waals surface area contributed by atoms with E-state index in [0.29, 0.717) is 6.42 Å². The SMILES string of the molecule is CN(CCCC(=O)O)Cc1csc(-c2ccccn2)n1. The van der Waals surface area contributed by atoms with E-state index in [1.165, 1.54) is 0 Å². The molecule has 0 aliphatic rings. The van der Waals surface area contributed by atoms with Gasteiger partial charge in [-0.25, -0.2) is 4.98 Å². The van der Waals surface area contributed by atoms with Crippen LogP contribution >= 0.6 is 11.3 Å². The first-order valence-electron chi connectivity index (χ1n) is 6.41. The van der Waals surface area contributed by atoms with Gasteiger partial charge in [0.15, 0.2) is 0 Å². The summed E-state index contributed by atoms with van der Waals surface area (Å²) in [5.41, 5.74) is 1.88. The molecule has 5 nitrogen and oxygen atoms in total. The highest BCUT2D eigenvalue weighted by atomic mass is 32.1. The summed E-state index contributed by atoms with van der Waals surface area (Å²) in [6, 6.07) is 5.77. The Bertz CT molecular complexity index is 557. The van der Waals surface area contributed by atoms with E-state index in [0.717, 1.165) is 29.5 Å². The molecule has 0 atom stereocenters. The summed E-state index contributed by atoms with van der Waals surface area (Å²) >= 11 is 1.58. The van der Waals surface area contributed by atoms with Gasteiger partial charge in [-0.05, 0) is 32.1 Å². The summed E-state index contributed by atoms with van der Waals surface area (Å²) in [5, 5.41) is 11.6. The first-order chi connectivity index (χ1) is 9.65. The highest BCUT2D eigenvalue weighted by molar-refractivity contribution is 7.13. The zero-order chi connectivity index (χ0) is 14.4. The molecule has 106 valence electrons. The molecule has 1 N–H and O–H groups in total. The fourth-order valence-corrected chi connectivity index (χ4v) is 2.63. The molecule has 2 aromatic rings. The maximum Gasteiger partial charge on any atom is 0.303 e. The summed E-state index contributed by atoms with van der Waals surface area (Å²) in [6.07, 6.45) is 2.62. The van der Waals surface area contributed by atoms with Gasteiger partial charge in [-0.15, -0.1) is 11.3 Å². The van der Waals surface area contributed by atoms with Crippen molar-refractivity contribution in [1.82, 2.24) is 14.9 Å². The average molecular weight is 291 g/mol. The monoisotopic (exact) mass is 291 g/mol. The van der Waals surface area contributed by atoms with Gasteiger partial charge >= 0.3 is 5.97 Å². The molecular weight excluding hydrogens is 274 g/mol. The van der Waals surface area contributed by atoms with Crippen LogP contribution in [0, 0.1) is 0 Å². The van der Waals surface area contributed by atoms with E-state index in [-0.39, 0.29) is 6.42 Å². The summed E-state index contributed by atoms with van der Waals surface area (Å²) < 4.78 is 0. The van der Waals surface area contributed by atoms with Gasteiger partial charge in [0.25, 0.3) is 0 Å². The van der Waals surface area contributed by atoms with Crippen LogP contribution in [-0.2, 0) is 11.3 Å². The number of pyridine rings is 1. The van der Waals surface area contributed by atoms with E-state index >= 15 is 0 Å². The van der Waals surface area contributed by atoms with Crippen LogP contribution in [0.2, 0.25) is 0 Å². The summed E-state index contributed by atoms with van der Waals surface area (Å²) in [7, 11) is 1.97. The lowest BCUT2D eigenvalue weighted by atomic mass is 10.3. The Morgan fingerprint density at radius 3 is 3.00 bits per heavy atom. The van der Waals surface area contributed by atoms with Crippen molar-refractivity contribution < 1.29 is 9.90 Å². The van der Waals surface area contributed by atoms with Gasteiger partial charge in [-0.2, -0.15) is 0 Å². The Hall–Kier alpha value is -1.79. The third kappa shape index (κ3) is 4.40. The number of thiazole rings is 1. The standard InChI is InChI=1S/C14H17N3O2S/c1-17(8-4-6-13(18)19)9-11-10-20-14(16-11)12-5-2-3-7-15-12/h2-3,5,7,10H,4,6,8-9H2,1H3,(H,18,19). The molecule has 0 fully saturated rings. The molecule has 0 saturated carbocycles. The van der Waals surface area contributed by atoms with Gasteiger partial charge < -0.3 is 10.0 Å². The number of nitrogens with zero attached hydrogens (tertiary/aromatic N) is 3. The Labute approximate surface area is 121 Å². The molecule has 2 heterocycles. The number of carboxylic acids is 1. The smallest absolute Gasteiger partial charge is 0.303 e. The quantitative estimate of drug-likeness (QED) is 0.849. The van der Waals surface area contributed by atoms with Crippen molar-refractivity contribution >= 4 is 17.3 Å². The minimum atomic E-state index is -0.746. The Morgan fingerprint density at radius 2 is 2.30 bits per heavy atom. The largest absolute Gasteiger partial charge is 0.481 e. The van der Waals surface area contributed by atoms with Crippen molar-refractivity contribution in [2.45, 2.75) is 19.4 Å². The van der Waals surface area contributed by atoms with Crippen molar-refractivity contribution in [1.29, 1.82) is 0 Å². The molecule has 0 aliphatic heterocycles. The third-order valence-corrected chi connectivity index (χ3v) is 3.71. The number of rotatable bonds is 7. The van der Waals surface area contributed by atoms with Gasteiger partial charge in [0.1, 0.15) is 5.01 Å². The Morgan fingerprint density at radius 1 is 1.45 bits per heavy atom. The number of carboxylic acid groups (broad SMARTS) is 1. The summed E-state index contributed by atoms with van der Waals surface area (Å²) in [6.45, 7) is 1.48. The number of aliphatic carboxylic acids is 1. The first kappa shape index (κ1) is 14.6. The summed E-state index contributed by atoms with van der Waals surface area (Å²) in [4.78, 5) is 21.4. The second-order valence-electron chi connectivity index (χ2n) is 4.59. The van der Waals surface area contributed by atoms with Gasteiger partial charge in [-0.1, -0.05) is 6.07 Å². The number of hydrogen-bond donors (Lipinski definition) is 1. The third-order valence-electron chi connectivity index (χ3n) is 2.80. The van der Waals surface area contributed by atoms with Crippen LogP contribution in [0.1, 0.15) is 18.5 Å². The predicted octanol–water partition coefficient (Wildman–Crippen LogP) is 2.50. The van der Waals surface area contributed by atoms with Crippen LogP contribution in [0.3, 0.4) is 0 Å². The molecule has 0 saturated heterocycles. The highest BCUT2D eigenvalue weighted by Gasteiger charge is 2.08. The Kier molecular flexibility index (Phi) is 5.20. The van der Waals surface area contributed by atoms with E-state index in [9.17, 15) is 4.79 Å². The van der Waals surface area contributed by atoms with Crippen LogP contribution < -0.4 is 0 Å². The topological polar surface area (TPSA) is 66.3 Å². The minimum Gasteiger partial charge on any atom is -0.481 e. The molecule has 0 aromatic carbocycles. The molecule has 0 aliphatic carbocycles. The average Bonchev–Trinajstić information content (AvgIpc) is 2.88. The molecule has 0 bridgehead atoms. The maximum atomic E-state index is 10.5. The van der Waals surface area contributed by atoms with Crippen LogP contribution in [-0.4, -0.2) is 39.5 Å². The number of hydrogen-bond acceptors (Lipinski definition) is 5. The van der Waals surface area contributed by atoms with Crippen LogP contribution in [0.15, 0.2) is 29.8 Å². The van der Waals surface area contributed by atoms with Crippen molar-refractivity contribution in [3.05, 3.63) is 35.5 Å². The van der Waals surface area contributed by atoms with Crippen LogP contribution in [0.5, 0.6) is 0 Å². The Balaban J connectivity index is 1.88. The van der Waals surface area contributed by atoms with Gasteiger partial charge in [0.2, 0.25) is 0 Å². The molecule has 0 spiro atoms. The fraction of sp³-hybridized carbons (Fsp3) is 0.357. The van der Waals surface area contributed by atoms with E-state index < -0.39 is 5.97 Å². The van der Waals surface area contributed by atoms with Crippen LogP contribution in [0.4, 0.5) is 0 Å². The van der Waals surface area contributed by atoms with E-state index in [1.807, 2.05) is 30.6 Å². The summed E-state index contributed by atoms with van der Waals surface area (Å²) in [5.74, 6) is -0.746. The van der Waals surface area contributed by atoms with Crippen molar-refractivity contribution in [3.8, 4) is 10.7 Å². The second-order valence-corrected chi connectivity index (χ2v) is 5.45. The molecule has 0 radical (unpaired) electrons. The maximum absolute atomic E-state index is 10.5. The van der Waals surface area contributed by atoms with E-state index in [1.54, 1.807) is 17.5 Å². The lowest BCUT2D eigenvalue weighted by Crippen LogP contribution is -2.20. The van der Waals surface area contributed by atoms with Gasteiger partial charge in [0.05, 0.1) is 11.4 Å². The lowest BCUT2D eigenvalue weighted by Gasteiger charge is -2.14. The van der Waals surface area contributed by atoms with Crippen molar-refractivity contribution in [2.24, 2.45) is 0 Å². The molecule has 0 amide bonds. The van der Waals surface area contributed by atoms with Crippen molar-refractivity contribution in [3.63, 3.8) is 0 Å². The molecule has 6 heteroatoms. The minimum absolute atomic E-state index is 0.209. The molecule has 0 unspecified atom stereocenters. The lowest BCUT2D eigenvalue weighted by molar-refractivity contribution is -0.137. The van der Waals surface area contributed by atoms with E-state index in [4.69, 9.17) is 5.11 Å². The molecule has 2 rings (SSSR count). The number of carbonyl (C=O) groups is 1. The normalized spacial score (nSPS) is 10.9. The first-order valence-corrected chi connectivity index (χ1v) is 7.29. The van der Waals surface area contributed by atoms with Crippen LogP contribution in [0.25, 0.3) is 10.7 Å². The fourth-order valence-electron chi connectivity index (χ4n) is 1.84. The highest BCUT2D eigenvalue weighted by Crippen LogP contribution is 2.21. The molecule has 2 aromatic heterocycles. The predicted molar refractivity (Wildman–Crippen MR) is 78.5 cm³/mol. The zero-order valence-electron chi connectivity index (χ0n) is 11.3. The van der Waals surface area contributed by atoms with E-state index in [2.05, 4.69) is 14.9 Å².